The third kappa shape index (κ3) is 3.43. The second-order valence-corrected chi connectivity index (χ2v) is 3.33. The highest BCUT2D eigenvalue weighted by Crippen LogP contribution is 2.09. The Balaban J connectivity index is 2.18. The van der Waals surface area contributed by atoms with Gasteiger partial charge in [-0.1, -0.05) is 5.16 Å². The maximum atomic E-state index is 10.3. The van der Waals surface area contributed by atoms with Crippen LogP contribution in [0, 0.1) is 0 Å². The van der Waals surface area contributed by atoms with Gasteiger partial charge in [0.15, 0.2) is 6.33 Å². The van der Waals surface area contributed by atoms with Crippen molar-refractivity contribution in [1.29, 1.82) is 0 Å². The predicted octanol–water partition coefficient (Wildman–Crippen LogP) is -0.285. The van der Waals surface area contributed by atoms with E-state index in [0.717, 1.165) is 0 Å². The molecule has 0 saturated heterocycles. The Bertz CT molecular complexity index is 264. The number of carboxylic acids is 1. The summed E-state index contributed by atoms with van der Waals surface area (Å²) in [5.74, 6) is 0.291. The summed E-state index contributed by atoms with van der Waals surface area (Å²) in [7, 11) is 0. The van der Waals surface area contributed by atoms with Crippen LogP contribution in [0.5, 0.6) is 0 Å². The zero-order chi connectivity index (χ0) is 9.68. The van der Waals surface area contributed by atoms with Crippen LogP contribution in [-0.4, -0.2) is 33.0 Å². The molecule has 0 aromatic carbocycles. The summed E-state index contributed by atoms with van der Waals surface area (Å²) in [6.07, 6.45) is 1.30. The van der Waals surface area contributed by atoms with Crippen molar-refractivity contribution in [3.8, 4) is 0 Å². The van der Waals surface area contributed by atoms with Crippen molar-refractivity contribution < 1.29 is 14.4 Å². The molecule has 6 nitrogen and oxygen atoms in total. The molecule has 13 heavy (non-hydrogen) atoms. The maximum absolute atomic E-state index is 10.3. The second-order valence-electron chi connectivity index (χ2n) is 2.29. The zero-order valence-corrected chi connectivity index (χ0v) is 7.53. The van der Waals surface area contributed by atoms with Crippen LogP contribution in [0.1, 0.15) is 5.89 Å². The van der Waals surface area contributed by atoms with Crippen LogP contribution in [0.3, 0.4) is 0 Å². The Labute approximate surface area is 78.5 Å². The van der Waals surface area contributed by atoms with Gasteiger partial charge in [-0.2, -0.15) is 4.98 Å². The van der Waals surface area contributed by atoms with E-state index in [4.69, 9.17) is 15.4 Å². The minimum Gasteiger partial charge on any atom is -0.480 e. The Hall–Kier alpha value is -1.08. The van der Waals surface area contributed by atoms with E-state index < -0.39 is 12.0 Å². The summed E-state index contributed by atoms with van der Waals surface area (Å²) in [6, 6.07) is -0.840. The van der Waals surface area contributed by atoms with Gasteiger partial charge in [-0.15, -0.1) is 11.8 Å². The van der Waals surface area contributed by atoms with Crippen LogP contribution in [0.25, 0.3) is 0 Å². The van der Waals surface area contributed by atoms with Crippen LogP contribution in [0.2, 0.25) is 0 Å². The Morgan fingerprint density at radius 2 is 2.62 bits per heavy atom. The molecular formula is C6H9N3O3S. The number of hydrogen-bond donors (Lipinski definition) is 2. The zero-order valence-electron chi connectivity index (χ0n) is 6.71. The molecule has 0 aliphatic rings. The minimum absolute atomic E-state index is 0.331. The Kier molecular flexibility index (Phi) is 3.71. The largest absolute Gasteiger partial charge is 0.480 e. The molecule has 0 amide bonds. The first-order chi connectivity index (χ1) is 6.20. The normalized spacial score (nSPS) is 12.7. The smallest absolute Gasteiger partial charge is 0.321 e. The molecule has 0 aliphatic carbocycles. The van der Waals surface area contributed by atoms with Gasteiger partial charge in [0.2, 0.25) is 5.89 Å². The molecule has 0 spiro atoms. The lowest BCUT2D eigenvalue weighted by Gasteiger charge is -2.03. The summed E-state index contributed by atoms with van der Waals surface area (Å²) < 4.78 is 4.71. The molecule has 0 fully saturated rings. The lowest BCUT2D eigenvalue weighted by Crippen LogP contribution is -2.32. The van der Waals surface area contributed by atoms with E-state index in [2.05, 4.69) is 10.1 Å². The summed E-state index contributed by atoms with van der Waals surface area (Å²) in [5.41, 5.74) is 5.27. The fourth-order valence-electron chi connectivity index (χ4n) is 0.604. The van der Waals surface area contributed by atoms with Crippen molar-refractivity contribution in [2.24, 2.45) is 5.73 Å². The number of aromatic nitrogens is 2. The first-order valence-corrected chi connectivity index (χ1v) is 4.67. The Morgan fingerprint density at radius 3 is 3.15 bits per heavy atom. The van der Waals surface area contributed by atoms with Gasteiger partial charge in [-0.05, 0) is 0 Å². The molecule has 0 radical (unpaired) electrons. The van der Waals surface area contributed by atoms with Gasteiger partial charge in [-0.25, -0.2) is 0 Å². The van der Waals surface area contributed by atoms with E-state index in [1.165, 1.54) is 18.1 Å². The standard InChI is InChI=1S/C6H9N3O3S/c7-4(6(10)11)1-13-2-5-8-3-9-12-5/h3-4H,1-2,7H2,(H,10,11)/t4-/m0/s1. The van der Waals surface area contributed by atoms with Gasteiger partial charge in [0.25, 0.3) is 0 Å². The number of hydrogen-bond acceptors (Lipinski definition) is 6. The highest BCUT2D eigenvalue weighted by atomic mass is 32.2. The molecule has 1 rings (SSSR count). The molecule has 3 N–H and O–H groups in total. The van der Waals surface area contributed by atoms with Crippen molar-refractivity contribution in [1.82, 2.24) is 10.1 Å². The molecule has 0 unspecified atom stereocenters. The van der Waals surface area contributed by atoms with E-state index in [1.807, 2.05) is 0 Å². The molecule has 1 heterocycles. The van der Waals surface area contributed by atoms with Crippen molar-refractivity contribution in [2.45, 2.75) is 11.8 Å². The predicted molar refractivity (Wildman–Crippen MR) is 46.1 cm³/mol. The molecule has 0 bridgehead atoms. The molecule has 1 aromatic rings. The molecule has 1 aromatic heterocycles. The number of nitrogens with two attached hydrogens (primary N) is 1. The fourth-order valence-corrected chi connectivity index (χ4v) is 1.42. The number of rotatable bonds is 5. The van der Waals surface area contributed by atoms with Crippen LogP contribution < -0.4 is 5.73 Å². The van der Waals surface area contributed by atoms with E-state index >= 15 is 0 Å². The van der Waals surface area contributed by atoms with Crippen LogP contribution in [0.15, 0.2) is 10.9 Å². The number of thioether (sulfide) groups is 1. The summed E-state index contributed by atoms with van der Waals surface area (Å²) >= 11 is 1.35. The molecule has 0 aliphatic heterocycles. The molecular weight excluding hydrogens is 194 g/mol. The van der Waals surface area contributed by atoms with Crippen LogP contribution >= 0.6 is 11.8 Å². The third-order valence-electron chi connectivity index (χ3n) is 1.25. The first-order valence-electron chi connectivity index (χ1n) is 3.52. The van der Waals surface area contributed by atoms with Gasteiger partial charge in [0, 0.05) is 5.75 Å². The topological polar surface area (TPSA) is 102 Å². The number of carbonyl (C=O) groups is 1. The monoisotopic (exact) mass is 203 g/mol. The molecule has 0 saturated carbocycles. The van der Waals surface area contributed by atoms with E-state index in [9.17, 15) is 4.79 Å². The van der Waals surface area contributed by atoms with Crippen molar-refractivity contribution in [2.75, 3.05) is 5.75 Å². The van der Waals surface area contributed by atoms with E-state index in [0.29, 0.717) is 17.4 Å². The lowest BCUT2D eigenvalue weighted by atomic mass is 10.4. The van der Waals surface area contributed by atoms with Gasteiger partial charge >= 0.3 is 5.97 Å². The number of aliphatic carboxylic acids is 1. The van der Waals surface area contributed by atoms with Gasteiger partial charge in [-0.3, -0.25) is 4.79 Å². The van der Waals surface area contributed by atoms with Gasteiger partial charge in [0.05, 0.1) is 5.75 Å². The van der Waals surface area contributed by atoms with Crippen LogP contribution in [0.4, 0.5) is 0 Å². The third-order valence-corrected chi connectivity index (χ3v) is 2.29. The lowest BCUT2D eigenvalue weighted by molar-refractivity contribution is -0.137. The average molecular weight is 203 g/mol. The number of nitrogens with zero attached hydrogens (tertiary/aromatic N) is 2. The average Bonchev–Trinajstić information content (AvgIpc) is 2.56. The highest BCUT2D eigenvalue weighted by molar-refractivity contribution is 7.98. The second kappa shape index (κ2) is 4.83. The van der Waals surface area contributed by atoms with Gasteiger partial charge < -0.3 is 15.4 Å². The van der Waals surface area contributed by atoms with E-state index in [1.54, 1.807) is 0 Å². The fraction of sp³-hybridized carbons (Fsp3) is 0.500. The van der Waals surface area contributed by atoms with Crippen molar-refractivity contribution in [3.05, 3.63) is 12.2 Å². The summed E-state index contributed by atoms with van der Waals surface area (Å²) in [6.45, 7) is 0. The quantitative estimate of drug-likeness (QED) is 0.678. The minimum atomic E-state index is -1.00. The van der Waals surface area contributed by atoms with Crippen molar-refractivity contribution >= 4 is 17.7 Å². The molecule has 1 atom stereocenters. The molecule has 7 heteroatoms. The SMILES string of the molecule is N[C@@H](CSCc1ncno1)C(=O)O. The van der Waals surface area contributed by atoms with E-state index in [-0.39, 0.29) is 0 Å². The van der Waals surface area contributed by atoms with Gasteiger partial charge in [0.1, 0.15) is 6.04 Å². The molecule has 72 valence electrons. The van der Waals surface area contributed by atoms with Crippen molar-refractivity contribution in [3.63, 3.8) is 0 Å². The number of carboxylic acid groups (broad SMARTS) is 1. The highest BCUT2D eigenvalue weighted by Gasteiger charge is 2.11. The summed E-state index contributed by atoms with van der Waals surface area (Å²) in [4.78, 5) is 14.1. The maximum Gasteiger partial charge on any atom is 0.321 e. The van der Waals surface area contributed by atoms with Crippen LogP contribution in [-0.2, 0) is 10.5 Å². The first kappa shape index (κ1) is 10.0. The summed E-state index contributed by atoms with van der Waals surface area (Å²) in [5, 5.41) is 11.9. The Morgan fingerprint density at radius 1 is 1.85 bits per heavy atom.